The van der Waals surface area contributed by atoms with Gasteiger partial charge in [-0.3, -0.25) is 10.1 Å². The number of carbonyl (C=O) groups is 1. The zero-order valence-corrected chi connectivity index (χ0v) is 11.7. The van der Waals surface area contributed by atoms with Crippen molar-refractivity contribution in [1.29, 1.82) is 0 Å². The molecule has 114 valence electrons. The first-order valence-corrected chi connectivity index (χ1v) is 6.72. The maximum absolute atomic E-state index is 10.9. The first-order valence-electron chi connectivity index (χ1n) is 6.72. The van der Waals surface area contributed by atoms with E-state index in [2.05, 4.69) is 0 Å². The van der Waals surface area contributed by atoms with E-state index in [9.17, 15) is 14.9 Å². The van der Waals surface area contributed by atoms with Crippen molar-refractivity contribution in [3.63, 3.8) is 0 Å². The molecule has 0 saturated heterocycles. The fourth-order valence-electron chi connectivity index (χ4n) is 2.53. The molecule has 1 aromatic rings. The average Bonchev–Trinajstić information content (AvgIpc) is 2.47. The highest BCUT2D eigenvalue weighted by atomic mass is 16.6. The number of hydrogen-bond acceptors (Lipinski definition) is 5. The van der Waals surface area contributed by atoms with E-state index in [0.717, 1.165) is 25.7 Å². The number of nitro groups is 1. The summed E-state index contributed by atoms with van der Waals surface area (Å²) >= 11 is 0. The smallest absolute Gasteiger partial charge is 0.342 e. The van der Waals surface area contributed by atoms with Crippen molar-refractivity contribution in [2.24, 2.45) is 0 Å². The number of carboxylic acid groups (broad SMARTS) is 1. The molecule has 2 rings (SSSR count). The predicted octanol–water partition coefficient (Wildman–Crippen LogP) is 2.63. The average molecular weight is 295 g/mol. The topological polar surface area (TPSA) is 98.9 Å². The van der Waals surface area contributed by atoms with Crippen molar-refractivity contribution in [2.45, 2.75) is 37.9 Å². The zero-order chi connectivity index (χ0) is 15.4. The van der Waals surface area contributed by atoms with Gasteiger partial charge in [-0.05, 0) is 31.4 Å². The summed E-state index contributed by atoms with van der Waals surface area (Å²) in [7, 11) is 1.65. The third-order valence-electron chi connectivity index (χ3n) is 3.61. The molecule has 7 nitrogen and oxygen atoms in total. The SMILES string of the molecule is COC1CCCC(Oc2ccc(C(=O)O)c([N+](=O)[O-])c2)C1. The van der Waals surface area contributed by atoms with Gasteiger partial charge in [-0.15, -0.1) is 0 Å². The van der Waals surface area contributed by atoms with Crippen LogP contribution in [-0.4, -0.2) is 35.3 Å². The Labute approximate surface area is 121 Å². The Hall–Kier alpha value is -2.15. The number of carboxylic acids is 1. The molecule has 0 heterocycles. The second-order valence-corrected chi connectivity index (χ2v) is 5.01. The van der Waals surface area contributed by atoms with E-state index in [4.69, 9.17) is 14.6 Å². The molecular weight excluding hydrogens is 278 g/mol. The Morgan fingerprint density at radius 3 is 2.71 bits per heavy atom. The molecule has 0 bridgehead atoms. The molecule has 1 N–H and O–H groups in total. The van der Waals surface area contributed by atoms with Crippen molar-refractivity contribution in [1.82, 2.24) is 0 Å². The summed E-state index contributed by atoms with van der Waals surface area (Å²) in [5.74, 6) is -1.01. The van der Waals surface area contributed by atoms with Crippen LogP contribution in [0.4, 0.5) is 5.69 Å². The fourth-order valence-corrected chi connectivity index (χ4v) is 2.53. The third kappa shape index (κ3) is 3.69. The van der Waals surface area contributed by atoms with Crippen LogP contribution >= 0.6 is 0 Å². The second kappa shape index (κ2) is 6.53. The molecule has 0 radical (unpaired) electrons. The van der Waals surface area contributed by atoms with E-state index >= 15 is 0 Å². The van der Waals surface area contributed by atoms with Crippen LogP contribution in [0.5, 0.6) is 5.75 Å². The van der Waals surface area contributed by atoms with Crippen molar-refractivity contribution in [3.05, 3.63) is 33.9 Å². The normalized spacial score (nSPS) is 21.8. The summed E-state index contributed by atoms with van der Waals surface area (Å²) in [6, 6.07) is 3.82. The number of nitrogens with zero attached hydrogens (tertiary/aromatic N) is 1. The maximum atomic E-state index is 10.9. The van der Waals surface area contributed by atoms with Crippen LogP contribution in [0.3, 0.4) is 0 Å². The Balaban J connectivity index is 2.15. The van der Waals surface area contributed by atoms with Crippen molar-refractivity contribution < 1.29 is 24.3 Å². The van der Waals surface area contributed by atoms with Gasteiger partial charge in [0.15, 0.2) is 0 Å². The number of hydrogen-bond donors (Lipinski definition) is 1. The van der Waals surface area contributed by atoms with E-state index in [1.54, 1.807) is 7.11 Å². The minimum absolute atomic E-state index is 0.0704. The number of nitro benzene ring substituents is 1. The van der Waals surface area contributed by atoms with E-state index in [-0.39, 0.29) is 17.8 Å². The maximum Gasteiger partial charge on any atom is 0.342 e. The first kappa shape index (κ1) is 15.2. The molecule has 1 fully saturated rings. The first-order chi connectivity index (χ1) is 10.0. The van der Waals surface area contributed by atoms with Crippen molar-refractivity contribution in [3.8, 4) is 5.75 Å². The molecule has 0 amide bonds. The molecule has 2 atom stereocenters. The molecule has 1 aliphatic rings. The predicted molar refractivity (Wildman–Crippen MR) is 73.7 cm³/mol. The lowest BCUT2D eigenvalue weighted by molar-refractivity contribution is -0.385. The molecule has 0 spiro atoms. The number of benzene rings is 1. The van der Waals surface area contributed by atoms with Gasteiger partial charge in [0.1, 0.15) is 17.4 Å². The number of methoxy groups -OCH3 is 1. The van der Waals surface area contributed by atoms with Gasteiger partial charge in [0.25, 0.3) is 5.69 Å². The number of rotatable bonds is 5. The lowest BCUT2D eigenvalue weighted by Crippen LogP contribution is -2.29. The summed E-state index contributed by atoms with van der Waals surface area (Å²) < 4.78 is 11.0. The van der Waals surface area contributed by atoms with Gasteiger partial charge >= 0.3 is 5.97 Å². The molecule has 7 heteroatoms. The highest BCUT2D eigenvalue weighted by Crippen LogP contribution is 2.29. The quantitative estimate of drug-likeness (QED) is 0.662. The molecular formula is C14H17NO6. The van der Waals surface area contributed by atoms with Gasteiger partial charge in [0.2, 0.25) is 0 Å². The minimum Gasteiger partial charge on any atom is -0.490 e. The lowest BCUT2D eigenvalue weighted by atomic mass is 9.95. The summed E-state index contributed by atoms with van der Waals surface area (Å²) in [6.45, 7) is 0. The zero-order valence-electron chi connectivity index (χ0n) is 11.7. The van der Waals surface area contributed by atoms with E-state index in [1.807, 2.05) is 0 Å². The van der Waals surface area contributed by atoms with Crippen LogP contribution < -0.4 is 4.74 Å². The van der Waals surface area contributed by atoms with E-state index in [1.165, 1.54) is 18.2 Å². The van der Waals surface area contributed by atoms with Crippen LogP contribution in [0.15, 0.2) is 18.2 Å². The van der Waals surface area contributed by atoms with Gasteiger partial charge < -0.3 is 14.6 Å². The van der Waals surface area contributed by atoms with Crippen LogP contribution in [0.25, 0.3) is 0 Å². The number of aromatic carboxylic acids is 1. The molecule has 0 aliphatic heterocycles. The summed E-state index contributed by atoms with van der Waals surface area (Å²) in [5.41, 5.74) is -0.801. The Morgan fingerprint density at radius 2 is 2.10 bits per heavy atom. The number of ether oxygens (including phenoxy) is 2. The minimum atomic E-state index is -1.33. The second-order valence-electron chi connectivity index (χ2n) is 5.01. The standard InChI is InChI=1S/C14H17NO6/c1-20-9-3-2-4-10(7-9)21-11-5-6-12(14(16)17)13(8-11)15(18)19/h5-6,8-10H,2-4,7H2,1H3,(H,16,17). The van der Waals surface area contributed by atoms with Crippen LogP contribution in [0.2, 0.25) is 0 Å². The van der Waals surface area contributed by atoms with E-state index in [0.29, 0.717) is 5.75 Å². The van der Waals surface area contributed by atoms with Crippen LogP contribution in [0, 0.1) is 10.1 Å². The van der Waals surface area contributed by atoms with Gasteiger partial charge in [-0.25, -0.2) is 4.79 Å². The van der Waals surface area contributed by atoms with E-state index < -0.39 is 16.6 Å². The van der Waals surface area contributed by atoms with Gasteiger partial charge in [-0.1, -0.05) is 0 Å². The summed E-state index contributed by atoms with van der Waals surface area (Å²) in [5, 5.41) is 19.9. The highest BCUT2D eigenvalue weighted by molar-refractivity contribution is 5.92. The van der Waals surface area contributed by atoms with Crippen molar-refractivity contribution in [2.75, 3.05) is 7.11 Å². The molecule has 21 heavy (non-hydrogen) atoms. The van der Waals surface area contributed by atoms with Gasteiger partial charge in [0.05, 0.1) is 17.1 Å². The fraction of sp³-hybridized carbons (Fsp3) is 0.500. The Bertz CT molecular complexity index is 544. The molecule has 1 aliphatic carbocycles. The van der Waals surface area contributed by atoms with Gasteiger partial charge in [0, 0.05) is 13.5 Å². The lowest BCUT2D eigenvalue weighted by Gasteiger charge is -2.28. The Kier molecular flexibility index (Phi) is 4.74. The molecule has 1 saturated carbocycles. The molecule has 1 aromatic carbocycles. The highest BCUT2D eigenvalue weighted by Gasteiger charge is 2.25. The Morgan fingerprint density at radius 1 is 1.38 bits per heavy atom. The monoisotopic (exact) mass is 295 g/mol. The molecule has 2 unspecified atom stereocenters. The summed E-state index contributed by atoms with van der Waals surface area (Å²) in [6.07, 6.45) is 3.60. The van der Waals surface area contributed by atoms with Crippen LogP contribution in [-0.2, 0) is 4.74 Å². The van der Waals surface area contributed by atoms with Crippen LogP contribution in [0.1, 0.15) is 36.0 Å². The summed E-state index contributed by atoms with van der Waals surface area (Å²) in [4.78, 5) is 21.2. The third-order valence-corrected chi connectivity index (χ3v) is 3.61. The van der Waals surface area contributed by atoms with Gasteiger partial charge in [-0.2, -0.15) is 0 Å². The molecule has 0 aromatic heterocycles. The largest absolute Gasteiger partial charge is 0.490 e. The van der Waals surface area contributed by atoms with Crippen molar-refractivity contribution >= 4 is 11.7 Å².